The van der Waals surface area contributed by atoms with E-state index >= 15 is 0 Å². The first-order chi connectivity index (χ1) is 20.2. The van der Waals surface area contributed by atoms with Crippen LogP contribution in [0.25, 0.3) is 5.00 Å². The molecule has 2 N–H and O–H groups in total. The smallest absolute Gasteiger partial charge is 0.234 e. The fourth-order valence-electron chi connectivity index (χ4n) is 5.51. The fraction of sp³-hybridized carbons (Fsp3) is 0.290. The third-order valence-corrected chi connectivity index (χ3v) is 9.26. The van der Waals surface area contributed by atoms with Gasteiger partial charge in [-0.2, -0.15) is 0 Å². The lowest BCUT2D eigenvalue weighted by molar-refractivity contribution is -0.134. The molecule has 0 spiro atoms. The number of carbonyl (C=O) groups excluding carboxylic acids is 3. The quantitative estimate of drug-likeness (QED) is 0.301. The van der Waals surface area contributed by atoms with E-state index in [0.29, 0.717) is 23.7 Å². The van der Waals surface area contributed by atoms with Crippen molar-refractivity contribution in [3.05, 3.63) is 97.9 Å². The number of piperidine rings is 1. The second-order valence-electron chi connectivity index (χ2n) is 10.6. The largest absolute Gasteiger partial charge is 0.352 e. The zero-order valence-electron chi connectivity index (χ0n) is 23.4. The summed E-state index contributed by atoms with van der Waals surface area (Å²) >= 11 is 7.86. The number of halogens is 1. The van der Waals surface area contributed by atoms with E-state index in [4.69, 9.17) is 16.6 Å². The van der Waals surface area contributed by atoms with Crippen LogP contribution in [0.4, 0.5) is 0 Å². The molecule has 0 radical (unpaired) electrons. The Morgan fingerprint density at radius 2 is 1.90 bits per heavy atom. The minimum atomic E-state index is -0.564. The Morgan fingerprint density at radius 1 is 1.12 bits per heavy atom. The summed E-state index contributed by atoms with van der Waals surface area (Å²) in [4.78, 5) is 43.6. The maximum Gasteiger partial charge on any atom is 0.234 e. The standard InChI is InChI=1S/C31H29ClN6O3S/c1-16-17(2)42-31-27(16)28(20-7-9-22(32)10-8-20)34-24(29-37-36-18(3)38(29)31)14-26(40)33-15-19-5-4-6-21(13-19)23-11-12-25(39)35-30(23)41/h4-10,13,23-24H,11-12,14-15H2,1-3H3,(H,33,40)(H,35,39,41)/t23?,24-/m0/s1. The predicted molar refractivity (Wildman–Crippen MR) is 161 cm³/mol. The van der Waals surface area contributed by atoms with Gasteiger partial charge in [0, 0.05) is 34.0 Å². The Kier molecular flexibility index (Phi) is 7.51. The third-order valence-electron chi connectivity index (χ3n) is 7.82. The van der Waals surface area contributed by atoms with Crippen molar-refractivity contribution in [2.24, 2.45) is 4.99 Å². The fourth-order valence-corrected chi connectivity index (χ4v) is 6.85. The number of aryl methyl sites for hydroxylation is 2. The highest BCUT2D eigenvalue weighted by molar-refractivity contribution is 7.15. The number of aliphatic imine (C=N–C) groups is 1. The molecule has 1 saturated heterocycles. The molecule has 2 aliphatic rings. The van der Waals surface area contributed by atoms with E-state index in [2.05, 4.69) is 34.7 Å². The molecule has 11 heteroatoms. The highest BCUT2D eigenvalue weighted by Gasteiger charge is 2.32. The molecule has 2 aromatic heterocycles. The maximum atomic E-state index is 13.4. The Bertz CT molecular complexity index is 1760. The number of rotatable bonds is 6. The number of hydrogen-bond donors (Lipinski definition) is 2. The average molecular weight is 601 g/mol. The molecule has 2 atom stereocenters. The number of nitrogens with one attached hydrogen (secondary N) is 2. The van der Waals surface area contributed by atoms with Crippen molar-refractivity contribution >= 4 is 46.4 Å². The van der Waals surface area contributed by atoms with Gasteiger partial charge in [-0.1, -0.05) is 48.0 Å². The van der Waals surface area contributed by atoms with Gasteiger partial charge in [-0.05, 0) is 56.0 Å². The number of fused-ring (bicyclic) bond motifs is 3. The summed E-state index contributed by atoms with van der Waals surface area (Å²) in [7, 11) is 0. The molecule has 42 heavy (non-hydrogen) atoms. The lowest BCUT2D eigenvalue weighted by Crippen LogP contribution is -2.39. The average Bonchev–Trinajstić information content (AvgIpc) is 3.44. The van der Waals surface area contributed by atoms with Crippen LogP contribution >= 0.6 is 22.9 Å². The highest BCUT2D eigenvalue weighted by Crippen LogP contribution is 2.39. The number of benzene rings is 2. The van der Waals surface area contributed by atoms with Gasteiger partial charge >= 0.3 is 0 Å². The van der Waals surface area contributed by atoms with Crippen molar-refractivity contribution in [1.82, 2.24) is 25.4 Å². The maximum absolute atomic E-state index is 13.4. The molecule has 0 bridgehead atoms. The summed E-state index contributed by atoms with van der Waals surface area (Å²) in [6.07, 6.45) is 0.864. The van der Waals surface area contributed by atoms with Gasteiger partial charge in [0.1, 0.15) is 16.9 Å². The van der Waals surface area contributed by atoms with E-state index in [1.807, 2.05) is 60.0 Å². The van der Waals surface area contributed by atoms with E-state index in [0.717, 1.165) is 44.4 Å². The van der Waals surface area contributed by atoms with Gasteiger partial charge in [0.05, 0.1) is 18.1 Å². The van der Waals surface area contributed by atoms with Crippen LogP contribution in [0.3, 0.4) is 0 Å². The van der Waals surface area contributed by atoms with E-state index in [1.54, 1.807) is 11.3 Å². The first-order valence-electron chi connectivity index (χ1n) is 13.7. The van der Waals surface area contributed by atoms with Crippen LogP contribution in [-0.4, -0.2) is 38.2 Å². The number of amides is 3. The molecule has 4 aromatic rings. The molecule has 1 unspecified atom stereocenters. The van der Waals surface area contributed by atoms with Crippen LogP contribution in [0, 0.1) is 20.8 Å². The molecule has 214 valence electrons. The summed E-state index contributed by atoms with van der Waals surface area (Å²) in [5, 5.41) is 15.9. The predicted octanol–water partition coefficient (Wildman–Crippen LogP) is 5.03. The van der Waals surface area contributed by atoms with Gasteiger partial charge in [0.2, 0.25) is 17.7 Å². The summed E-state index contributed by atoms with van der Waals surface area (Å²) in [6.45, 7) is 6.38. The minimum Gasteiger partial charge on any atom is -0.352 e. The van der Waals surface area contributed by atoms with Crippen LogP contribution in [-0.2, 0) is 20.9 Å². The van der Waals surface area contributed by atoms with Crippen molar-refractivity contribution in [3.8, 4) is 5.00 Å². The minimum absolute atomic E-state index is 0.0784. The van der Waals surface area contributed by atoms with Crippen LogP contribution in [0.2, 0.25) is 5.02 Å². The van der Waals surface area contributed by atoms with Crippen LogP contribution in [0.5, 0.6) is 0 Å². The number of nitrogens with zero attached hydrogens (tertiary/aromatic N) is 4. The first kappa shape index (κ1) is 28.0. The Morgan fingerprint density at radius 3 is 2.67 bits per heavy atom. The highest BCUT2D eigenvalue weighted by atomic mass is 35.5. The molecule has 4 heterocycles. The molecule has 9 nitrogen and oxygen atoms in total. The van der Waals surface area contributed by atoms with Crippen LogP contribution < -0.4 is 10.6 Å². The zero-order valence-corrected chi connectivity index (χ0v) is 25.0. The summed E-state index contributed by atoms with van der Waals surface area (Å²) in [5.41, 5.74) is 5.54. The summed E-state index contributed by atoms with van der Waals surface area (Å²) in [6, 6.07) is 14.6. The molecular weight excluding hydrogens is 572 g/mol. The molecule has 1 fully saturated rings. The molecule has 2 aromatic carbocycles. The SMILES string of the molecule is Cc1sc2c(c1C)C(c1ccc(Cl)cc1)=N[C@@H](CC(=O)NCc1cccc(C3CCC(=O)NC3=O)c1)c1nnc(C)n1-2. The Balaban J connectivity index is 1.27. The third kappa shape index (κ3) is 5.28. The molecule has 0 saturated carbocycles. The van der Waals surface area contributed by atoms with Crippen molar-refractivity contribution in [2.45, 2.75) is 58.5 Å². The number of carbonyl (C=O) groups is 3. The normalized spacial score (nSPS) is 18.0. The summed E-state index contributed by atoms with van der Waals surface area (Å²) in [5.74, 6) is 0.258. The first-order valence-corrected chi connectivity index (χ1v) is 14.9. The number of hydrogen-bond acceptors (Lipinski definition) is 7. The monoisotopic (exact) mass is 600 g/mol. The number of aromatic nitrogens is 3. The number of thiophene rings is 1. The van der Waals surface area contributed by atoms with Gasteiger partial charge in [0.15, 0.2) is 5.82 Å². The molecule has 2 aliphatic heterocycles. The lowest BCUT2D eigenvalue weighted by Gasteiger charge is -2.21. The topological polar surface area (TPSA) is 118 Å². The summed E-state index contributed by atoms with van der Waals surface area (Å²) < 4.78 is 2.02. The van der Waals surface area contributed by atoms with Crippen LogP contribution in [0.1, 0.15) is 75.6 Å². The van der Waals surface area contributed by atoms with Crippen molar-refractivity contribution in [1.29, 1.82) is 0 Å². The van der Waals surface area contributed by atoms with Gasteiger partial charge in [-0.15, -0.1) is 21.5 Å². The van der Waals surface area contributed by atoms with Crippen molar-refractivity contribution in [2.75, 3.05) is 0 Å². The van der Waals surface area contributed by atoms with Gasteiger partial charge < -0.3 is 5.32 Å². The lowest BCUT2D eigenvalue weighted by atomic mass is 9.89. The van der Waals surface area contributed by atoms with Gasteiger partial charge in [0.25, 0.3) is 0 Å². The zero-order chi connectivity index (χ0) is 29.5. The van der Waals surface area contributed by atoms with E-state index in [9.17, 15) is 14.4 Å². The van der Waals surface area contributed by atoms with Gasteiger partial charge in [-0.25, -0.2) is 0 Å². The van der Waals surface area contributed by atoms with Gasteiger partial charge in [-0.3, -0.25) is 29.3 Å². The Labute approximate surface area is 252 Å². The van der Waals surface area contributed by atoms with E-state index in [-0.39, 0.29) is 36.6 Å². The molecule has 3 amide bonds. The van der Waals surface area contributed by atoms with E-state index in [1.165, 1.54) is 4.88 Å². The number of imide groups is 1. The molecule has 0 aliphatic carbocycles. The van der Waals surface area contributed by atoms with Crippen molar-refractivity contribution < 1.29 is 14.4 Å². The second kappa shape index (κ2) is 11.3. The van der Waals surface area contributed by atoms with E-state index < -0.39 is 6.04 Å². The van der Waals surface area contributed by atoms with Crippen LogP contribution in [0.15, 0.2) is 53.5 Å². The molecule has 6 rings (SSSR count). The Hall–Kier alpha value is -4.15. The van der Waals surface area contributed by atoms with Crippen molar-refractivity contribution in [3.63, 3.8) is 0 Å². The molecular formula is C31H29ClN6O3S. The second-order valence-corrected chi connectivity index (χ2v) is 12.3.